The zero-order valence-electron chi connectivity index (χ0n) is 28.5. The third kappa shape index (κ3) is 16.0. The summed E-state index contributed by atoms with van der Waals surface area (Å²) >= 11 is 0. The van der Waals surface area contributed by atoms with E-state index in [1.165, 1.54) is 87.8 Å². The maximum absolute atomic E-state index is 11.3. The Hall–Kier alpha value is -2.44. The van der Waals surface area contributed by atoms with Crippen LogP contribution in [-0.2, 0) is 33.1 Å². The molecule has 0 aliphatic rings. The molecule has 11 heteroatoms. The largest absolute Gasteiger partial charge is 2.00 e. The van der Waals surface area contributed by atoms with Crippen molar-refractivity contribution in [2.24, 2.45) is 0 Å². The number of rotatable bonds is 18. The van der Waals surface area contributed by atoms with Crippen LogP contribution < -0.4 is 9.47 Å². The number of para-hydroxylation sites is 2. The zero-order valence-corrected chi connectivity index (χ0v) is 32.4. The molecule has 0 aliphatic heterocycles. The van der Waals surface area contributed by atoms with E-state index in [9.17, 15) is 25.9 Å². The van der Waals surface area contributed by atoms with E-state index in [-0.39, 0.29) is 59.0 Å². The molecule has 0 unspecified atom stereocenters. The molecular formula is C38H46CaO8S2. The van der Waals surface area contributed by atoms with Gasteiger partial charge in [-0.2, -0.15) is 0 Å². The number of hydrogen-bond donors (Lipinski definition) is 0. The second-order valence-electron chi connectivity index (χ2n) is 11.6. The van der Waals surface area contributed by atoms with E-state index in [2.05, 4.69) is 13.8 Å². The van der Waals surface area contributed by atoms with Crippen molar-refractivity contribution < 1.29 is 35.4 Å². The quantitative estimate of drug-likeness (QED) is 0.0561. The number of ether oxygens (including phenoxy) is 2. The molecule has 8 nitrogen and oxygen atoms in total. The van der Waals surface area contributed by atoms with Gasteiger partial charge in [-0.25, -0.2) is 16.8 Å². The monoisotopic (exact) mass is 734 g/mol. The van der Waals surface area contributed by atoms with Gasteiger partial charge in [0.25, 0.3) is 0 Å². The Balaban J connectivity index is 0.000000333. The molecule has 0 aliphatic carbocycles. The molecule has 0 N–H and O–H groups in total. The van der Waals surface area contributed by atoms with Crippen LogP contribution in [0.1, 0.15) is 89.2 Å². The van der Waals surface area contributed by atoms with Crippen molar-refractivity contribution in [3.05, 3.63) is 108 Å². The maximum Gasteiger partial charge on any atom is 2.00 e. The van der Waals surface area contributed by atoms with Gasteiger partial charge < -0.3 is 18.6 Å². The molecule has 4 aromatic rings. The van der Waals surface area contributed by atoms with E-state index >= 15 is 0 Å². The Labute approximate surface area is 322 Å². The first-order valence-corrected chi connectivity index (χ1v) is 19.5. The van der Waals surface area contributed by atoms with Crippen LogP contribution in [0.3, 0.4) is 0 Å². The van der Waals surface area contributed by atoms with Gasteiger partial charge in [0.05, 0.1) is 9.79 Å². The molecule has 0 radical (unpaired) electrons. The second kappa shape index (κ2) is 22.4. The molecule has 4 aromatic carbocycles. The van der Waals surface area contributed by atoms with Crippen LogP contribution in [0.25, 0.3) is 0 Å². The Morgan fingerprint density at radius 1 is 0.490 bits per heavy atom. The molecule has 0 atom stereocenters. The minimum absolute atomic E-state index is 0. The molecular weight excluding hydrogens is 689 g/mol. The van der Waals surface area contributed by atoms with Gasteiger partial charge in [0, 0.05) is 0 Å². The summed E-state index contributed by atoms with van der Waals surface area (Å²) in [6.07, 6.45) is 14.1. The first kappa shape index (κ1) is 42.7. The van der Waals surface area contributed by atoms with Gasteiger partial charge in [-0.3, -0.25) is 0 Å². The van der Waals surface area contributed by atoms with Crippen LogP contribution >= 0.6 is 0 Å². The van der Waals surface area contributed by atoms with Gasteiger partial charge in [-0.05, 0) is 85.3 Å². The summed E-state index contributed by atoms with van der Waals surface area (Å²) in [7, 11) is -9.12. The summed E-state index contributed by atoms with van der Waals surface area (Å²) in [5, 5.41) is 0. The normalized spacial score (nSPS) is 11.2. The number of hydrogen-bond acceptors (Lipinski definition) is 8. The molecule has 0 saturated carbocycles. The minimum Gasteiger partial charge on any atom is -0.744 e. The van der Waals surface area contributed by atoms with Crippen molar-refractivity contribution in [1.82, 2.24) is 0 Å². The van der Waals surface area contributed by atoms with Crippen LogP contribution in [0.4, 0.5) is 0 Å². The number of aryl methyl sites for hydroxylation is 2. The Morgan fingerprint density at radius 3 is 1.22 bits per heavy atom. The molecule has 4 rings (SSSR count). The van der Waals surface area contributed by atoms with E-state index < -0.39 is 20.2 Å². The van der Waals surface area contributed by atoms with Gasteiger partial charge >= 0.3 is 37.7 Å². The van der Waals surface area contributed by atoms with Crippen LogP contribution in [0.15, 0.2) is 107 Å². The summed E-state index contributed by atoms with van der Waals surface area (Å²) in [4.78, 5) is -0.676. The SMILES string of the molecule is CCCCCCCc1cccc(Oc2ccccc2S(=O)(=O)[O-])c1.CCCCCCCc1cccc(Oc2ccccc2S(=O)(=O)[O-])c1.[Ca+2]. The first-order chi connectivity index (χ1) is 23.0. The molecule has 0 fully saturated rings. The fourth-order valence-electron chi connectivity index (χ4n) is 5.13. The predicted octanol–water partition coefficient (Wildman–Crippen LogP) is 9.41. The third-order valence-electron chi connectivity index (χ3n) is 7.63. The smallest absolute Gasteiger partial charge is 0.744 e. The average Bonchev–Trinajstić information content (AvgIpc) is 3.05. The number of benzene rings is 4. The molecule has 0 aromatic heterocycles. The van der Waals surface area contributed by atoms with Gasteiger partial charge in [0.2, 0.25) is 0 Å². The Bertz CT molecular complexity index is 1640. The fraction of sp³-hybridized carbons (Fsp3) is 0.368. The maximum atomic E-state index is 11.3. The second-order valence-corrected chi connectivity index (χ2v) is 14.3. The van der Waals surface area contributed by atoms with Crippen LogP contribution in [0.5, 0.6) is 23.0 Å². The van der Waals surface area contributed by atoms with Gasteiger partial charge in [0.1, 0.15) is 43.2 Å². The van der Waals surface area contributed by atoms with Gasteiger partial charge in [-0.15, -0.1) is 0 Å². The van der Waals surface area contributed by atoms with E-state index in [0.717, 1.165) is 36.8 Å². The predicted molar refractivity (Wildman–Crippen MR) is 193 cm³/mol. The summed E-state index contributed by atoms with van der Waals surface area (Å²) in [6, 6.07) is 26.9. The van der Waals surface area contributed by atoms with Crippen molar-refractivity contribution in [3.63, 3.8) is 0 Å². The van der Waals surface area contributed by atoms with E-state index in [0.29, 0.717) is 11.5 Å². The topological polar surface area (TPSA) is 133 Å². The van der Waals surface area contributed by atoms with Gasteiger partial charge in [0.15, 0.2) is 0 Å². The van der Waals surface area contributed by atoms with E-state index in [1.807, 2.05) is 36.4 Å². The standard InChI is InChI=1S/2C19H24O4S.Ca/c2*1-2-3-4-5-6-10-16-11-9-12-17(15-16)23-18-13-7-8-14-19(18)24(20,21)22;/h2*7-9,11-15H,2-6,10H2,1H3,(H,20,21,22);/q;;+2/p-2. The molecule has 0 bridgehead atoms. The van der Waals surface area contributed by atoms with Crippen molar-refractivity contribution >= 4 is 58.0 Å². The van der Waals surface area contributed by atoms with Crippen molar-refractivity contribution in [2.75, 3.05) is 0 Å². The van der Waals surface area contributed by atoms with Gasteiger partial charge in [-0.1, -0.05) is 114 Å². The molecule has 260 valence electrons. The number of unbranched alkanes of at least 4 members (excludes halogenated alkanes) is 8. The van der Waals surface area contributed by atoms with Crippen LogP contribution in [-0.4, -0.2) is 63.7 Å². The summed E-state index contributed by atoms with van der Waals surface area (Å²) in [6.45, 7) is 4.39. The molecule has 0 spiro atoms. The minimum atomic E-state index is -4.56. The Morgan fingerprint density at radius 2 is 0.857 bits per heavy atom. The molecule has 49 heavy (non-hydrogen) atoms. The summed E-state index contributed by atoms with van der Waals surface area (Å²) < 4.78 is 79.1. The van der Waals surface area contributed by atoms with Crippen molar-refractivity contribution in [1.29, 1.82) is 0 Å². The van der Waals surface area contributed by atoms with Crippen molar-refractivity contribution in [3.8, 4) is 23.0 Å². The average molecular weight is 735 g/mol. The first-order valence-electron chi connectivity index (χ1n) is 16.6. The zero-order chi connectivity index (χ0) is 34.8. The molecule has 0 heterocycles. The molecule has 0 saturated heterocycles. The summed E-state index contributed by atoms with van der Waals surface area (Å²) in [5.41, 5.74) is 2.29. The van der Waals surface area contributed by atoms with Crippen LogP contribution in [0, 0.1) is 0 Å². The Kier molecular flexibility index (Phi) is 19.5. The fourth-order valence-corrected chi connectivity index (χ4v) is 6.33. The van der Waals surface area contributed by atoms with E-state index in [1.54, 1.807) is 24.3 Å². The molecule has 0 amide bonds. The van der Waals surface area contributed by atoms with E-state index in [4.69, 9.17) is 9.47 Å². The van der Waals surface area contributed by atoms with Crippen LogP contribution in [0.2, 0.25) is 0 Å². The third-order valence-corrected chi connectivity index (χ3v) is 9.38. The van der Waals surface area contributed by atoms with Crippen molar-refractivity contribution in [2.45, 2.75) is 101 Å². The summed E-state index contributed by atoms with van der Waals surface area (Å²) in [5.74, 6) is 1.20.